The minimum absolute atomic E-state index is 0.000341. The molecule has 4 aliphatic rings. The third kappa shape index (κ3) is 11.2. The maximum Gasteiger partial charge on any atom is 0.338 e. The van der Waals surface area contributed by atoms with Crippen LogP contribution in [-0.4, -0.2) is 88.1 Å². The number of benzene rings is 6. The number of pyridine rings is 3. The molecule has 4 atom stereocenters. The number of rotatable bonds is 20. The minimum Gasteiger partial charge on any atom is -0.493 e. The zero-order valence-corrected chi connectivity index (χ0v) is 49.1. The van der Waals surface area contributed by atoms with Crippen molar-refractivity contribution < 1.29 is 43.9 Å². The Labute approximate surface area is 510 Å². The molecule has 3 aliphatic heterocycles. The number of aryl methyl sites for hydroxylation is 1. The van der Waals surface area contributed by atoms with Gasteiger partial charge in [-0.2, -0.15) is 0 Å². The molecule has 1 saturated carbocycles. The van der Waals surface area contributed by atoms with E-state index in [-0.39, 0.29) is 46.0 Å². The molecule has 0 bridgehead atoms. The minimum atomic E-state index is -1.06. The molecule has 0 spiro atoms. The molecule has 16 heteroatoms. The van der Waals surface area contributed by atoms with Crippen molar-refractivity contribution in [3.05, 3.63) is 237 Å². The van der Waals surface area contributed by atoms with Gasteiger partial charge in [-0.05, 0) is 131 Å². The molecule has 1 unspecified atom stereocenters. The van der Waals surface area contributed by atoms with Crippen LogP contribution in [0.25, 0.3) is 22.3 Å². The van der Waals surface area contributed by atoms with Gasteiger partial charge in [0.25, 0.3) is 0 Å². The molecule has 0 amide bonds. The number of hydrogen-bond donors (Lipinski definition) is 6. The summed E-state index contributed by atoms with van der Waals surface area (Å²) in [7, 11) is 2.05. The van der Waals surface area contributed by atoms with Gasteiger partial charge >= 0.3 is 17.9 Å². The van der Waals surface area contributed by atoms with E-state index in [0.29, 0.717) is 67.6 Å². The maximum absolute atomic E-state index is 13.2. The van der Waals surface area contributed by atoms with Gasteiger partial charge in [0.1, 0.15) is 17.6 Å². The van der Waals surface area contributed by atoms with Crippen LogP contribution >= 0.6 is 0 Å². The van der Waals surface area contributed by atoms with Gasteiger partial charge < -0.3 is 50.4 Å². The lowest BCUT2D eigenvalue weighted by molar-refractivity contribution is 0.0686. The first-order valence-corrected chi connectivity index (χ1v) is 29.9. The number of nitrogens with zero attached hydrogens (tertiary/aromatic N) is 4. The quantitative estimate of drug-likeness (QED) is 0.0418. The van der Waals surface area contributed by atoms with Crippen molar-refractivity contribution in [2.75, 3.05) is 60.7 Å². The lowest BCUT2D eigenvalue weighted by atomic mass is 9.83. The normalized spacial score (nSPS) is 17.2. The number of nitrogens with one attached hydrogen (secondary N) is 3. The topological polar surface area (TPSA) is 218 Å². The molecule has 6 N–H and O–H groups in total. The monoisotopic (exact) mass is 1170 g/mol. The van der Waals surface area contributed by atoms with Crippen LogP contribution in [0.5, 0.6) is 11.5 Å². The van der Waals surface area contributed by atoms with Gasteiger partial charge in [0.05, 0.1) is 72.2 Å². The predicted octanol–water partition coefficient (Wildman–Crippen LogP) is 14.2. The van der Waals surface area contributed by atoms with Crippen molar-refractivity contribution in [3.63, 3.8) is 0 Å². The predicted molar refractivity (Wildman–Crippen MR) is 339 cm³/mol. The Hall–Kier alpha value is -10.1. The van der Waals surface area contributed by atoms with Crippen molar-refractivity contribution in [1.82, 2.24) is 15.0 Å². The summed E-state index contributed by atoms with van der Waals surface area (Å²) in [6, 6.07) is 45.1. The Morgan fingerprint density at radius 1 is 0.591 bits per heavy atom. The average Bonchev–Trinajstić information content (AvgIpc) is 2.09. The maximum atomic E-state index is 13.2. The number of hydrogen-bond acceptors (Lipinski definition) is 13. The third-order valence-corrected chi connectivity index (χ3v) is 18.3. The van der Waals surface area contributed by atoms with E-state index in [1.165, 1.54) is 24.0 Å². The number of aromatic nitrogens is 3. The van der Waals surface area contributed by atoms with Crippen LogP contribution in [0.1, 0.15) is 138 Å². The van der Waals surface area contributed by atoms with Crippen LogP contribution in [0.15, 0.2) is 171 Å². The Morgan fingerprint density at radius 2 is 1.18 bits per heavy atom. The second-order valence-electron chi connectivity index (χ2n) is 23.5. The highest BCUT2D eigenvalue weighted by atomic mass is 16.5. The summed E-state index contributed by atoms with van der Waals surface area (Å²) < 4.78 is 18.8. The van der Waals surface area contributed by atoms with Crippen LogP contribution in [0, 0.1) is 6.92 Å². The number of carbonyl (C=O) groups is 3. The molecule has 88 heavy (non-hydrogen) atoms. The van der Waals surface area contributed by atoms with Crippen LogP contribution < -0.4 is 30.3 Å². The highest BCUT2D eigenvalue weighted by Crippen LogP contribution is 2.55. The molecule has 13 rings (SSSR count). The van der Waals surface area contributed by atoms with Gasteiger partial charge in [-0.15, -0.1) is 0 Å². The summed E-state index contributed by atoms with van der Waals surface area (Å²) in [5, 5.41) is 41.3. The molecule has 0 radical (unpaired) electrons. The van der Waals surface area contributed by atoms with Gasteiger partial charge in [-0.25, -0.2) is 14.4 Å². The fourth-order valence-electron chi connectivity index (χ4n) is 13.0. The van der Waals surface area contributed by atoms with Crippen molar-refractivity contribution in [3.8, 4) is 33.8 Å². The van der Waals surface area contributed by atoms with Gasteiger partial charge in [-0.3, -0.25) is 15.0 Å². The lowest BCUT2D eigenvalue weighted by Crippen LogP contribution is -2.22. The second-order valence-corrected chi connectivity index (χ2v) is 23.5. The zero-order chi connectivity index (χ0) is 60.6. The van der Waals surface area contributed by atoms with Crippen molar-refractivity contribution >= 4 is 46.3 Å². The van der Waals surface area contributed by atoms with Gasteiger partial charge in [-0.1, -0.05) is 103 Å². The van der Waals surface area contributed by atoms with Crippen LogP contribution in [-0.2, 0) is 16.8 Å². The largest absolute Gasteiger partial charge is 0.493 e. The number of ether oxygens (including phenoxy) is 3. The molecule has 16 nitrogen and oxygen atoms in total. The van der Waals surface area contributed by atoms with Gasteiger partial charge in [0.15, 0.2) is 0 Å². The van der Waals surface area contributed by atoms with E-state index in [9.17, 15) is 29.7 Å². The SMILES string of the molecule is Cc1ccc(N(C)c2ccc3c(c2)CO[C@@H]3CNc2cncc(-c3cccc(C4(c5ccc6c(c5)OCC[C@H]6CNc5cncc(-c6ccc(C(C)c7ccc8c(c7)OCC[C@H]8CNc7cnccc7C(=O)O)cc6)c5C(=O)O)CC4)c3)c2C(=O)O)cc1. The van der Waals surface area contributed by atoms with E-state index in [4.69, 9.17) is 14.2 Å². The highest BCUT2D eigenvalue weighted by Gasteiger charge is 2.46. The number of anilines is 5. The molecule has 0 saturated heterocycles. The van der Waals surface area contributed by atoms with E-state index in [1.54, 1.807) is 24.8 Å². The first-order valence-electron chi connectivity index (χ1n) is 29.9. The molecule has 9 aromatic rings. The summed E-state index contributed by atoms with van der Waals surface area (Å²) in [4.78, 5) is 53.4. The molecule has 1 aliphatic carbocycles. The molecule has 6 heterocycles. The van der Waals surface area contributed by atoms with Crippen molar-refractivity contribution in [2.45, 2.75) is 75.4 Å². The van der Waals surface area contributed by atoms with E-state index < -0.39 is 17.9 Å². The Balaban J connectivity index is 0.669. The first-order chi connectivity index (χ1) is 42.8. The van der Waals surface area contributed by atoms with E-state index in [1.807, 2.05) is 36.4 Å². The summed E-state index contributed by atoms with van der Waals surface area (Å²) in [6.45, 7) is 7.08. The summed E-state index contributed by atoms with van der Waals surface area (Å²) >= 11 is 0. The summed E-state index contributed by atoms with van der Waals surface area (Å²) in [6.07, 6.45) is 12.5. The number of fused-ring (bicyclic) bond motifs is 3. The second kappa shape index (κ2) is 24.0. The molecular formula is C72H67N7O9. The lowest BCUT2D eigenvalue weighted by Gasteiger charge is -2.28. The molecule has 1 fully saturated rings. The van der Waals surface area contributed by atoms with E-state index in [2.05, 4.69) is 148 Å². The third-order valence-electron chi connectivity index (χ3n) is 18.3. The fourth-order valence-corrected chi connectivity index (χ4v) is 13.0. The van der Waals surface area contributed by atoms with E-state index >= 15 is 0 Å². The Kier molecular flexibility index (Phi) is 15.6. The highest BCUT2D eigenvalue weighted by molar-refractivity contribution is 6.02. The molecular weight excluding hydrogens is 1110 g/mol. The van der Waals surface area contributed by atoms with Crippen LogP contribution in [0.4, 0.5) is 28.4 Å². The van der Waals surface area contributed by atoms with Crippen LogP contribution in [0.3, 0.4) is 0 Å². The van der Waals surface area contributed by atoms with E-state index in [0.717, 1.165) is 104 Å². The first kappa shape index (κ1) is 57.0. The Morgan fingerprint density at radius 3 is 1.85 bits per heavy atom. The number of carboxylic acids is 3. The fraction of sp³-hybridized carbons (Fsp3) is 0.250. The average molecular weight is 1170 g/mol. The molecule has 3 aromatic heterocycles. The van der Waals surface area contributed by atoms with Crippen molar-refractivity contribution in [2.24, 2.45) is 0 Å². The van der Waals surface area contributed by atoms with Crippen molar-refractivity contribution in [1.29, 1.82) is 0 Å². The van der Waals surface area contributed by atoms with Gasteiger partial charge in [0.2, 0.25) is 0 Å². The number of aromatic carboxylic acids is 3. The molecule has 444 valence electrons. The number of carboxylic acid groups (broad SMARTS) is 3. The zero-order valence-electron chi connectivity index (χ0n) is 49.1. The standard InChI is InChI=1S/C72H67N7O9/c1-42-7-15-53(16-8-42)79(3)54-17-20-57-50(30-54)41-88-66(57)40-78-63-39-75-36-60(68(63)71(84)85)47-5-4-6-51(29-47)72(24-25-72)52-14-19-56-49(23-28-87-65(56)32-52)34-77-62-38-74-35-59(67(62)70(82)83)45-11-9-44(10-12-45)43(2)46-13-18-55-48(22-27-86-64(55)31-46)33-76-61-37-73-26-21-58(61)69(80)81/h4-21,26,29-32,35-39,43,48-49,66,76-78H,22-25,27-28,33-34,40-41H2,1-3H3,(H,80,81)(H,82,83)(H,84,85)/t43?,48-,49-,66+/m0/s1. The summed E-state index contributed by atoms with van der Waals surface area (Å²) in [5.41, 5.74) is 16.0. The van der Waals surface area contributed by atoms with Gasteiger partial charge in [0, 0.05) is 90.9 Å². The summed E-state index contributed by atoms with van der Waals surface area (Å²) in [5.74, 6) is -1.36. The Bertz CT molecular complexity index is 4150. The smallest absolute Gasteiger partial charge is 0.338 e. The van der Waals surface area contributed by atoms with Crippen LogP contribution in [0.2, 0.25) is 0 Å². The molecule has 6 aromatic carbocycles.